The number of hydrogen-bond donors (Lipinski definition) is 1. The fourth-order valence-electron chi connectivity index (χ4n) is 2.02. The summed E-state index contributed by atoms with van der Waals surface area (Å²) in [7, 11) is 0. The summed E-state index contributed by atoms with van der Waals surface area (Å²) in [6.07, 6.45) is 1.37. The molecule has 1 N–H and O–H groups in total. The molecule has 0 saturated carbocycles. The summed E-state index contributed by atoms with van der Waals surface area (Å²) in [6.45, 7) is 6.06. The van der Waals surface area contributed by atoms with Crippen LogP contribution in [0.3, 0.4) is 0 Å². The standard InChI is InChI=1S/C15H17N5O/c1-10-4-5-13(6-11(10)2)12(3)18-15(21)8-20-9-17-19-14(20)7-16/h4-6,9,12H,8H2,1-3H3,(H,18,21)/t12-/m0/s1. The van der Waals surface area contributed by atoms with Crippen LogP contribution in [0.15, 0.2) is 24.5 Å². The fraction of sp³-hybridized carbons (Fsp3) is 0.333. The minimum atomic E-state index is -0.183. The summed E-state index contributed by atoms with van der Waals surface area (Å²) in [6, 6.07) is 7.91. The Hall–Kier alpha value is -2.68. The largest absolute Gasteiger partial charge is 0.348 e. The van der Waals surface area contributed by atoms with Crippen LogP contribution in [0.5, 0.6) is 0 Å². The van der Waals surface area contributed by atoms with Crippen molar-refractivity contribution >= 4 is 5.91 Å². The Morgan fingerprint density at radius 1 is 1.43 bits per heavy atom. The third kappa shape index (κ3) is 3.45. The Balaban J connectivity index is 2.02. The Labute approximate surface area is 123 Å². The molecular formula is C15H17N5O. The summed E-state index contributed by atoms with van der Waals surface area (Å²) < 4.78 is 1.42. The van der Waals surface area contributed by atoms with Gasteiger partial charge in [0.2, 0.25) is 11.7 Å². The van der Waals surface area contributed by atoms with Crippen LogP contribution < -0.4 is 5.32 Å². The lowest BCUT2D eigenvalue weighted by Crippen LogP contribution is -2.30. The van der Waals surface area contributed by atoms with Crippen LogP contribution in [0, 0.1) is 25.2 Å². The number of rotatable bonds is 4. The van der Waals surface area contributed by atoms with Gasteiger partial charge >= 0.3 is 0 Å². The average molecular weight is 283 g/mol. The van der Waals surface area contributed by atoms with E-state index in [4.69, 9.17) is 5.26 Å². The van der Waals surface area contributed by atoms with Gasteiger partial charge in [-0.05, 0) is 37.5 Å². The maximum Gasteiger partial charge on any atom is 0.240 e. The zero-order chi connectivity index (χ0) is 15.4. The van der Waals surface area contributed by atoms with Gasteiger partial charge in [0.25, 0.3) is 0 Å². The van der Waals surface area contributed by atoms with Crippen molar-refractivity contribution in [3.8, 4) is 6.07 Å². The van der Waals surface area contributed by atoms with Crippen molar-refractivity contribution in [3.05, 3.63) is 47.0 Å². The molecule has 0 fully saturated rings. The van der Waals surface area contributed by atoms with Gasteiger partial charge in [-0.25, -0.2) is 0 Å². The minimum absolute atomic E-state index is 0.0328. The second-order valence-corrected chi connectivity index (χ2v) is 5.03. The van der Waals surface area contributed by atoms with Crippen molar-refractivity contribution in [2.24, 2.45) is 0 Å². The highest BCUT2D eigenvalue weighted by molar-refractivity contribution is 5.76. The molecule has 0 aliphatic heterocycles. The van der Waals surface area contributed by atoms with Gasteiger partial charge in [0.15, 0.2) is 0 Å². The topological polar surface area (TPSA) is 83.6 Å². The molecule has 0 aliphatic carbocycles. The number of aromatic nitrogens is 3. The number of carbonyl (C=O) groups is 1. The molecule has 21 heavy (non-hydrogen) atoms. The van der Waals surface area contributed by atoms with Crippen LogP contribution in [0.25, 0.3) is 0 Å². The first kappa shape index (κ1) is 14.7. The molecule has 0 saturated heterocycles. The molecule has 108 valence electrons. The van der Waals surface area contributed by atoms with E-state index in [9.17, 15) is 4.79 Å². The Kier molecular flexibility index (Phi) is 4.33. The molecule has 0 spiro atoms. The third-order valence-corrected chi connectivity index (χ3v) is 3.44. The minimum Gasteiger partial charge on any atom is -0.348 e. The number of nitrogens with one attached hydrogen (secondary N) is 1. The van der Waals surface area contributed by atoms with Crippen molar-refractivity contribution in [1.82, 2.24) is 20.1 Å². The van der Waals surface area contributed by atoms with Crippen LogP contribution in [-0.4, -0.2) is 20.7 Å². The van der Waals surface area contributed by atoms with Crippen molar-refractivity contribution in [3.63, 3.8) is 0 Å². The number of hydrogen-bond acceptors (Lipinski definition) is 4. The van der Waals surface area contributed by atoms with E-state index in [0.29, 0.717) is 0 Å². The van der Waals surface area contributed by atoms with Crippen molar-refractivity contribution in [2.75, 3.05) is 0 Å². The predicted molar refractivity (Wildman–Crippen MR) is 77.2 cm³/mol. The second kappa shape index (κ2) is 6.18. The lowest BCUT2D eigenvalue weighted by Gasteiger charge is -2.16. The highest BCUT2D eigenvalue weighted by Crippen LogP contribution is 2.16. The van der Waals surface area contributed by atoms with Gasteiger partial charge in [-0.2, -0.15) is 5.26 Å². The zero-order valence-electron chi connectivity index (χ0n) is 12.3. The number of carbonyl (C=O) groups excluding carboxylic acids is 1. The molecule has 1 amide bonds. The summed E-state index contributed by atoms with van der Waals surface area (Å²) in [4.78, 5) is 12.0. The van der Waals surface area contributed by atoms with Crippen molar-refractivity contribution in [2.45, 2.75) is 33.4 Å². The van der Waals surface area contributed by atoms with E-state index in [1.807, 2.05) is 32.0 Å². The molecule has 0 unspecified atom stereocenters. The van der Waals surface area contributed by atoms with Crippen molar-refractivity contribution < 1.29 is 4.79 Å². The Morgan fingerprint density at radius 2 is 2.19 bits per heavy atom. The first-order valence-electron chi connectivity index (χ1n) is 6.65. The molecule has 2 aromatic rings. The first-order chi connectivity index (χ1) is 10.0. The number of nitriles is 1. The van der Waals surface area contributed by atoms with Gasteiger partial charge in [-0.1, -0.05) is 18.2 Å². The Morgan fingerprint density at radius 3 is 2.86 bits per heavy atom. The van der Waals surface area contributed by atoms with Crippen LogP contribution >= 0.6 is 0 Å². The summed E-state index contributed by atoms with van der Waals surface area (Å²) in [5.41, 5.74) is 3.47. The molecule has 0 aliphatic rings. The highest BCUT2D eigenvalue weighted by atomic mass is 16.2. The molecule has 1 heterocycles. The third-order valence-electron chi connectivity index (χ3n) is 3.44. The molecule has 0 bridgehead atoms. The van der Waals surface area contributed by atoms with Crippen LogP contribution in [0.2, 0.25) is 0 Å². The van der Waals surface area contributed by atoms with Crippen LogP contribution in [-0.2, 0) is 11.3 Å². The van der Waals surface area contributed by atoms with Gasteiger partial charge in [-0.15, -0.1) is 10.2 Å². The summed E-state index contributed by atoms with van der Waals surface area (Å²) in [5.74, 6) is -0.0546. The van der Waals surface area contributed by atoms with Crippen LogP contribution in [0.4, 0.5) is 0 Å². The van der Waals surface area contributed by atoms with E-state index >= 15 is 0 Å². The fourth-order valence-corrected chi connectivity index (χ4v) is 2.02. The molecule has 6 nitrogen and oxygen atoms in total. The lowest BCUT2D eigenvalue weighted by molar-refractivity contribution is -0.122. The number of benzene rings is 1. The maximum absolute atomic E-state index is 12.0. The van der Waals surface area contributed by atoms with Crippen LogP contribution in [0.1, 0.15) is 35.5 Å². The van der Waals surface area contributed by atoms with E-state index < -0.39 is 0 Å². The molecule has 6 heteroatoms. The number of aryl methyl sites for hydroxylation is 2. The van der Waals surface area contributed by atoms with Gasteiger partial charge in [-0.3, -0.25) is 9.36 Å². The van der Waals surface area contributed by atoms with Gasteiger partial charge < -0.3 is 5.32 Å². The first-order valence-corrected chi connectivity index (χ1v) is 6.65. The zero-order valence-corrected chi connectivity index (χ0v) is 12.3. The van der Waals surface area contributed by atoms with Crippen molar-refractivity contribution in [1.29, 1.82) is 5.26 Å². The molecule has 0 radical (unpaired) electrons. The summed E-state index contributed by atoms with van der Waals surface area (Å²) >= 11 is 0. The maximum atomic E-state index is 12.0. The number of amides is 1. The molecule has 2 rings (SSSR count). The van der Waals surface area contributed by atoms with E-state index in [1.54, 1.807) is 0 Å². The van der Waals surface area contributed by atoms with E-state index in [2.05, 4.69) is 28.5 Å². The van der Waals surface area contributed by atoms with E-state index in [-0.39, 0.29) is 24.3 Å². The SMILES string of the molecule is Cc1ccc([C@H](C)NC(=O)Cn2cnnc2C#N)cc1C. The predicted octanol–water partition coefficient (Wildman–Crippen LogP) is 1.64. The monoisotopic (exact) mass is 283 g/mol. The average Bonchev–Trinajstić information content (AvgIpc) is 2.88. The van der Waals surface area contributed by atoms with Gasteiger partial charge in [0, 0.05) is 0 Å². The molecule has 1 atom stereocenters. The van der Waals surface area contributed by atoms with E-state index in [1.165, 1.54) is 22.0 Å². The summed E-state index contributed by atoms with van der Waals surface area (Å²) in [5, 5.41) is 19.0. The molecule has 1 aromatic heterocycles. The quantitative estimate of drug-likeness (QED) is 0.924. The van der Waals surface area contributed by atoms with Gasteiger partial charge in [0.1, 0.15) is 18.9 Å². The highest BCUT2D eigenvalue weighted by Gasteiger charge is 2.12. The smallest absolute Gasteiger partial charge is 0.240 e. The van der Waals surface area contributed by atoms with E-state index in [0.717, 1.165) is 5.56 Å². The van der Waals surface area contributed by atoms with Gasteiger partial charge in [0.05, 0.1) is 6.04 Å². The molecular weight excluding hydrogens is 266 g/mol. The normalized spacial score (nSPS) is 11.7. The lowest BCUT2D eigenvalue weighted by atomic mass is 10.0. The molecule has 1 aromatic carbocycles. The second-order valence-electron chi connectivity index (χ2n) is 5.03. The Bertz CT molecular complexity index is 698. The number of nitrogens with zero attached hydrogens (tertiary/aromatic N) is 4.